The van der Waals surface area contributed by atoms with Gasteiger partial charge in [-0.25, -0.2) is 0 Å². The fraction of sp³-hybridized carbons (Fsp3) is 0.833. The van der Waals surface area contributed by atoms with Crippen molar-refractivity contribution in [1.82, 2.24) is 4.90 Å². The summed E-state index contributed by atoms with van der Waals surface area (Å²) in [6, 6.07) is 0. The molecule has 3 aliphatic rings. The van der Waals surface area contributed by atoms with Crippen LogP contribution >= 0.6 is 0 Å². The van der Waals surface area contributed by atoms with E-state index in [2.05, 4.69) is 18.0 Å². The van der Waals surface area contributed by atoms with E-state index in [0.29, 0.717) is 38.1 Å². The van der Waals surface area contributed by atoms with Crippen LogP contribution in [0.25, 0.3) is 0 Å². The number of esters is 1. The van der Waals surface area contributed by atoms with Gasteiger partial charge in [0.05, 0.1) is 39.0 Å². The smallest absolute Gasteiger partial charge is 1.00 e. The Morgan fingerprint density at radius 3 is 2.15 bits per heavy atom. The third-order valence-corrected chi connectivity index (χ3v) is 5.54. The molecule has 0 radical (unpaired) electrons. The van der Waals surface area contributed by atoms with Gasteiger partial charge in [-0.1, -0.05) is 13.8 Å². The number of hydrogen-bond acceptors (Lipinski definition) is 8. The second-order valence-corrected chi connectivity index (χ2v) is 8.86. The molecule has 0 aromatic rings. The number of carbonyl (C=O) groups excluding carboxylic acids is 2. The summed E-state index contributed by atoms with van der Waals surface area (Å²) < 4.78 is 26.8. The first-order valence-electron chi connectivity index (χ1n) is 12.0. The molecule has 3 fully saturated rings. The maximum Gasteiger partial charge on any atom is 1.00 e. The van der Waals surface area contributed by atoms with Crippen LogP contribution in [0.15, 0.2) is 12.3 Å². The molecule has 0 aromatic heterocycles. The van der Waals surface area contributed by atoms with Crippen molar-refractivity contribution < 1.29 is 86.1 Å². The Balaban J connectivity index is 0.000000608. The Hall–Kier alpha value is 0.156. The van der Waals surface area contributed by atoms with Gasteiger partial charge in [0, 0.05) is 31.3 Å². The molecule has 1 unspecified atom stereocenters. The van der Waals surface area contributed by atoms with E-state index in [4.69, 9.17) is 23.7 Å². The molecule has 33 heavy (non-hydrogen) atoms. The average molecular weight is 496 g/mol. The normalized spacial score (nSPS) is 28.8. The number of carbonyl (C=O) groups is 2. The fourth-order valence-electron chi connectivity index (χ4n) is 3.63. The van der Waals surface area contributed by atoms with Gasteiger partial charge in [0.1, 0.15) is 6.29 Å². The van der Waals surface area contributed by atoms with Crippen LogP contribution in [0.3, 0.4) is 0 Å². The molecule has 0 bridgehead atoms. The Morgan fingerprint density at radius 1 is 1.03 bits per heavy atom. The second kappa shape index (κ2) is 18.4. The molecule has 3 rings (SSSR count). The molecule has 0 N–H and O–H groups in total. The summed E-state index contributed by atoms with van der Waals surface area (Å²) in [5, 5.41) is 0. The third kappa shape index (κ3) is 13.2. The fourth-order valence-corrected chi connectivity index (χ4v) is 3.63. The third-order valence-electron chi connectivity index (χ3n) is 5.54. The van der Waals surface area contributed by atoms with Gasteiger partial charge >= 0.3 is 57.4 Å². The Bertz CT molecular complexity index is 562. The van der Waals surface area contributed by atoms with Crippen LogP contribution in [0.2, 0.25) is 0 Å². The maximum absolute atomic E-state index is 11.2. The molecule has 186 valence electrons. The molecular weight excluding hydrogens is 453 g/mol. The summed E-state index contributed by atoms with van der Waals surface area (Å²) in [7, 11) is 0. The van der Waals surface area contributed by atoms with Gasteiger partial charge in [-0.3, -0.25) is 4.79 Å². The Labute approximate surface area is 242 Å². The first kappa shape index (κ1) is 31.2. The van der Waals surface area contributed by atoms with Crippen LogP contribution in [0.1, 0.15) is 54.3 Å². The first-order valence-corrected chi connectivity index (χ1v) is 12.0. The van der Waals surface area contributed by atoms with Gasteiger partial charge in [0.25, 0.3) is 0 Å². The summed E-state index contributed by atoms with van der Waals surface area (Å²) in [5.41, 5.74) is 0. The van der Waals surface area contributed by atoms with E-state index in [1.54, 1.807) is 6.92 Å². The van der Waals surface area contributed by atoms with Crippen LogP contribution in [0.4, 0.5) is 0 Å². The zero-order chi connectivity index (χ0) is 23.2. The SMILES string of the molecule is CC1COC(/C=C/N2CCCCC2)OC1.CCOC(=O)CCC(C=O)C1OCC(C)CO1.[H-].[K+]. The van der Waals surface area contributed by atoms with Crippen molar-refractivity contribution in [3.8, 4) is 0 Å². The largest absolute Gasteiger partial charge is 1.00 e. The Morgan fingerprint density at radius 2 is 1.61 bits per heavy atom. The van der Waals surface area contributed by atoms with Crippen molar-refractivity contribution in [3.63, 3.8) is 0 Å². The number of rotatable bonds is 8. The van der Waals surface area contributed by atoms with Crippen LogP contribution in [-0.2, 0) is 33.3 Å². The van der Waals surface area contributed by atoms with E-state index in [1.807, 2.05) is 13.0 Å². The molecule has 3 heterocycles. The molecule has 8 nitrogen and oxygen atoms in total. The van der Waals surface area contributed by atoms with Crippen LogP contribution in [0, 0.1) is 17.8 Å². The summed E-state index contributed by atoms with van der Waals surface area (Å²) in [5.74, 6) is 0.198. The molecule has 0 spiro atoms. The maximum atomic E-state index is 11.2. The molecule has 0 aliphatic carbocycles. The average Bonchev–Trinajstić information content (AvgIpc) is 2.81. The van der Waals surface area contributed by atoms with Gasteiger partial charge in [-0.05, 0) is 44.9 Å². The molecular formula is C24H42KNO7. The second-order valence-electron chi connectivity index (χ2n) is 8.86. The van der Waals surface area contributed by atoms with Crippen molar-refractivity contribution >= 4 is 12.3 Å². The number of nitrogens with zero attached hydrogens (tertiary/aromatic N) is 1. The summed E-state index contributed by atoms with van der Waals surface area (Å²) in [6.07, 6.45) is 8.95. The van der Waals surface area contributed by atoms with E-state index in [-0.39, 0.29) is 71.5 Å². The molecule has 1 atom stereocenters. The molecule has 0 amide bonds. The predicted molar refractivity (Wildman–Crippen MR) is 121 cm³/mol. The van der Waals surface area contributed by atoms with Gasteiger partial charge < -0.3 is 34.8 Å². The number of likely N-dealkylation sites (tertiary alicyclic amines) is 1. The van der Waals surface area contributed by atoms with E-state index >= 15 is 0 Å². The number of piperidine rings is 1. The minimum atomic E-state index is -0.516. The Kier molecular flexibility index (Phi) is 17.4. The monoisotopic (exact) mass is 495 g/mol. The molecule has 3 aliphatic heterocycles. The quantitative estimate of drug-likeness (QED) is 0.270. The van der Waals surface area contributed by atoms with Crippen LogP contribution in [0.5, 0.6) is 0 Å². The van der Waals surface area contributed by atoms with E-state index in [9.17, 15) is 9.59 Å². The van der Waals surface area contributed by atoms with Crippen molar-refractivity contribution in [3.05, 3.63) is 12.3 Å². The number of aldehydes is 1. The van der Waals surface area contributed by atoms with Gasteiger partial charge in [-0.2, -0.15) is 0 Å². The topological polar surface area (TPSA) is 83.5 Å². The minimum absolute atomic E-state index is 0. The van der Waals surface area contributed by atoms with Crippen LogP contribution in [-0.4, -0.2) is 75.9 Å². The molecule has 0 saturated carbocycles. The van der Waals surface area contributed by atoms with E-state index in [0.717, 1.165) is 19.5 Å². The van der Waals surface area contributed by atoms with Gasteiger partial charge in [0.2, 0.25) is 0 Å². The summed E-state index contributed by atoms with van der Waals surface area (Å²) in [4.78, 5) is 24.5. The first-order chi connectivity index (χ1) is 15.5. The van der Waals surface area contributed by atoms with Crippen molar-refractivity contribution in [2.24, 2.45) is 17.8 Å². The number of hydrogen-bond donors (Lipinski definition) is 0. The summed E-state index contributed by atoms with van der Waals surface area (Å²) in [6.45, 7) is 11.4. The minimum Gasteiger partial charge on any atom is -1.00 e. The van der Waals surface area contributed by atoms with Crippen LogP contribution < -0.4 is 51.4 Å². The zero-order valence-corrected chi connectivity index (χ0v) is 24.0. The molecule has 0 aromatic carbocycles. The predicted octanol–water partition coefficient (Wildman–Crippen LogP) is 0.265. The summed E-state index contributed by atoms with van der Waals surface area (Å²) >= 11 is 0. The molecule has 9 heteroatoms. The molecule has 3 saturated heterocycles. The van der Waals surface area contributed by atoms with Crippen molar-refractivity contribution in [2.75, 3.05) is 46.1 Å². The zero-order valence-electron chi connectivity index (χ0n) is 21.9. The van der Waals surface area contributed by atoms with Crippen molar-refractivity contribution in [1.29, 1.82) is 0 Å². The van der Waals surface area contributed by atoms with Gasteiger partial charge in [-0.15, -0.1) is 0 Å². The van der Waals surface area contributed by atoms with Gasteiger partial charge in [0.15, 0.2) is 12.6 Å². The van der Waals surface area contributed by atoms with Crippen molar-refractivity contribution in [2.45, 2.75) is 65.5 Å². The van der Waals surface area contributed by atoms with E-state index < -0.39 is 12.2 Å². The number of ether oxygens (including phenoxy) is 5. The standard InChI is InChI=1S/C12H21NO2.C12H20O5.K.H/c1-11-9-14-12(15-10-11)5-8-13-6-3-2-4-7-13;1-3-15-11(14)5-4-10(6-13)12-16-7-9(2)8-17-12;;/h5,8,11-12H,2-4,6-7,9-10H2,1H3;6,9-10,12H,3-5,7-8H2,1-2H3;;/q;;+1;-1/b8-5+;;;. The van der Waals surface area contributed by atoms with E-state index in [1.165, 1.54) is 32.4 Å².